The SMILES string of the molecule is COc1ccc(CN(C[C@@H]2CCCO2)C(=O)CC(C)C)cc1OS(C)(=O)=O. The van der Waals surface area contributed by atoms with Gasteiger partial charge in [-0.25, -0.2) is 0 Å². The standard InChI is InChI=1S/C19H29NO6S/c1-14(2)10-19(21)20(13-16-6-5-9-25-16)12-15-7-8-17(24-3)18(11-15)26-27(4,22)23/h7-8,11,14,16H,5-6,9-10,12-13H2,1-4H3/t16-/m0/s1. The van der Waals surface area contributed by atoms with Crippen LogP contribution in [0.3, 0.4) is 0 Å². The third-order valence-corrected chi connectivity index (χ3v) is 4.71. The van der Waals surface area contributed by atoms with Gasteiger partial charge in [-0.2, -0.15) is 8.42 Å². The largest absolute Gasteiger partial charge is 0.493 e. The van der Waals surface area contributed by atoms with Crippen molar-refractivity contribution in [3.05, 3.63) is 23.8 Å². The molecule has 1 atom stereocenters. The fourth-order valence-electron chi connectivity index (χ4n) is 3.04. The Morgan fingerprint density at radius 1 is 1.33 bits per heavy atom. The van der Waals surface area contributed by atoms with Crippen LogP contribution in [0, 0.1) is 5.92 Å². The van der Waals surface area contributed by atoms with E-state index < -0.39 is 10.1 Å². The summed E-state index contributed by atoms with van der Waals surface area (Å²) in [5.41, 5.74) is 0.768. The quantitative estimate of drug-likeness (QED) is 0.594. The molecule has 1 fully saturated rings. The number of carbonyl (C=O) groups is 1. The highest BCUT2D eigenvalue weighted by Gasteiger charge is 2.24. The van der Waals surface area contributed by atoms with Crippen molar-refractivity contribution in [3.63, 3.8) is 0 Å². The lowest BCUT2D eigenvalue weighted by atomic mass is 10.1. The lowest BCUT2D eigenvalue weighted by Crippen LogP contribution is -2.37. The van der Waals surface area contributed by atoms with Crippen LogP contribution in [0.15, 0.2) is 18.2 Å². The van der Waals surface area contributed by atoms with Gasteiger partial charge in [0.25, 0.3) is 0 Å². The molecule has 0 aliphatic carbocycles. The number of carbonyl (C=O) groups excluding carboxylic acids is 1. The summed E-state index contributed by atoms with van der Waals surface area (Å²) < 4.78 is 38.9. The zero-order chi connectivity index (χ0) is 20.0. The molecule has 27 heavy (non-hydrogen) atoms. The smallest absolute Gasteiger partial charge is 0.306 e. The van der Waals surface area contributed by atoms with Gasteiger partial charge in [-0.3, -0.25) is 4.79 Å². The fourth-order valence-corrected chi connectivity index (χ4v) is 3.49. The third kappa shape index (κ3) is 7.03. The summed E-state index contributed by atoms with van der Waals surface area (Å²) in [5.74, 6) is 0.751. The Balaban J connectivity index is 2.21. The average Bonchev–Trinajstić information content (AvgIpc) is 3.05. The fraction of sp³-hybridized carbons (Fsp3) is 0.632. The van der Waals surface area contributed by atoms with Crippen LogP contribution in [0.25, 0.3) is 0 Å². The summed E-state index contributed by atoms with van der Waals surface area (Å²) in [4.78, 5) is 14.5. The molecular formula is C19H29NO6S. The summed E-state index contributed by atoms with van der Waals surface area (Å²) in [6.07, 6.45) is 3.43. The summed E-state index contributed by atoms with van der Waals surface area (Å²) in [7, 11) is -2.24. The molecule has 0 N–H and O–H groups in total. The van der Waals surface area contributed by atoms with E-state index >= 15 is 0 Å². The Kier molecular flexibility index (Phi) is 7.49. The number of hydrogen-bond acceptors (Lipinski definition) is 6. The number of methoxy groups -OCH3 is 1. The van der Waals surface area contributed by atoms with E-state index in [4.69, 9.17) is 13.7 Å². The maximum atomic E-state index is 12.7. The van der Waals surface area contributed by atoms with E-state index in [2.05, 4.69) is 0 Å². The van der Waals surface area contributed by atoms with E-state index in [0.29, 0.717) is 25.3 Å². The molecule has 7 nitrogen and oxygen atoms in total. The van der Waals surface area contributed by atoms with E-state index in [0.717, 1.165) is 31.3 Å². The van der Waals surface area contributed by atoms with E-state index in [1.807, 2.05) is 13.8 Å². The molecule has 2 rings (SSSR count). The first kappa shape index (κ1) is 21.5. The topological polar surface area (TPSA) is 82.1 Å². The van der Waals surface area contributed by atoms with Crippen LogP contribution in [0.5, 0.6) is 11.5 Å². The molecule has 1 amide bonds. The average molecular weight is 400 g/mol. The number of nitrogens with zero attached hydrogens (tertiary/aromatic N) is 1. The molecule has 0 spiro atoms. The Bertz CT molecular complexity index is 741. The van der Waals surface area contributed by atoms with Crippen LogP contribution in [0.2, 0.25) is 0 Å². The van der Waals surface area contributed by atoms with Crippen LogP contribution in [-0.2, 0) is 26.2 Å². The highest BCUT2D eigenvalue weighted by Crippen LogP contribution is 2.30. The second-order valence-electron chi connectivity index (χ2n) is 7.28. The first-order valence-corrected chi connectivity index (χ1v) is 11.0. The zero-order valence-electron chi connectivity index (χ0n) is 16.4. The molecule has 1 aliphatic rings. The summed E-state index contributed by atoms with van der Waals surface area (Å²) in [5, 5.41) is 0. The highest BCUT2D eigenvalue weighted by molar-refractivity contribution is 7.86. The van der Waals surface area contributed by atoms with Crippen LogP contribution in [0.4, 0.5) is 0 Å². The molecule has 0 radical (unpaired) electrons. The molecule has 1 aliphatic heterocycles. The van der Waals surface area contributed by atoms with Gasteiger partial charge in [0.1, 0.15) is 0 Å². The summed E-state index contributed by atoms with van der Waals surface area (Å²) >= 11 is 0. The Hall–Kier alpha value is -1.80. The van der Waals surface area contributed by atoms with Gasteiger partial charge in [0.2, 0.25) is 5.91 Å². The number of amides is 1. The van der Waals surface area contributed by atoms with Crippen molar-refractivity contribution in [1.29, 1.82) is 0 Å². The van der Waals surface area contributed by atoms with Crippen LogP contribution >= 0.6 is 0 Å². The maximum absolute atomic E-state index is 12.7. The van der Waals surface area contributed by atoms with Crippen molar-refractivity contribution in [1.82, 2.24) is 4.90 Å². The molecule has 0 unspecified atom stereocenters. The number of hydrogen-bond donors (Lipinski definition) is 0. The van der Waals surface area contributed by atoms with Gasteiger partial charge in [0.05, 0.1) is 19.5 Å². The highest BCUT2D eigenvalue weighted by atomic mass is 32.2. The molecule has 0 saturated carbocycles. The lowest BCUT2D eigenvalue weighted by Gasteiger charge is -2.26. The van der Waals surface area contributed by atoms with E-state index in [-0.39, 0.29) is 23.7 Å². The van der Waals surface area contributed by atoms with Gasteiger partial charge < -0.3 is 18.6 Å². The summed E-state index contributed by atoms with van der Waals surface area (Å²) in [6, 6.07) is 5.05. The number of benzene rings is 1. The van der Waals surface area contributed by atoms with E-state index in [1.165, 1.54) is 7.11 Å². The Morgan fingerprint density at radius 3 is 2.63 bits per heavy atom. The van der Waals surface area contributed by atoms with Gasteiger partial charge in [0.15, 0.2) is 11.5 Å². The number of rotatable bonds is 9. The minimum absolute atomic E-state index is 0.0473. The van der Waals surface area contributed by atoms with E-state index in [9.17, 15) is 13.2 Å². The minimum atomic E-state index is -3.69. The van der Waals surface area contributed by atoms with Gasteiger partial charge in [-0.15, -0.1) is 0 Å². The second-order valence-corrected chi connectivity index (χ2v) is 8.85. The first-order valence-electron chi connectivity index (χ1n) is 9.13. The molecule has 8 heteroatoms. The predicted octanol–water partition coefficient (Wildman–Crippen LogP) is 2.59. The van der Waals surface area contributed by atoms with Gasteiger partial charge in [0, 0.05) is 26.1 Å². The second kappa shape index (κ2) is 9.41. The normalized spacial score (nSPS) is 17.1. The lowest BCUT2D eigenvalue weighted by molar-refractivity contribution is -0.134. The number of ether oxygens (including phenoxy) is 2. The Morgan fingerprint density at radius 2 is 2.07 bits per heavy atom. The predicted molar refractivity (Wildman–Crippen MR) is 102 cm³/mol. The Labute approximate surface area is 161 Å². The van der Waals surface area contributed by atoms with Crippen molar-refractivity contribution in [2.45, 2.75) is 45.8 Å². The van der Waals surface area contributed by atoms with Gasteiger partial charge >= 0.3 is 10.1 Å². The zero-order valence-corrected chi connectivity index (χ0v) is 17.3. The van der Waals surface area contributed by atoms with Crippen molar-refractivity contribution in [3.8, 4) is 11.5 Å². The molecule has 1 heterocycles. The molecule has 1 saturated heterocycles. The van der Waals surface area contributed by atoms with Crippen LogP contribution < -0.4 is 8.92 Å². The molecule has 0 aromatic heterocycles. The van der Waals surface area contributed by atoms with Crippen LogP contribution in [-0.4, -0.2) is 51.8 Å². The molecular weight excluding hydrogens is 370 g/mol. The van der Waals surface area contributed by atoms with Crippen molar-refractivity contribution in [2.75, 3.05) is 26.5 Å². The maximum Gasteiger partial charge on any atom is 0.306 e. The third-order valence-electron chi connectivity index (χ3n) is 4.23. The van der Waals surface area contributed by atoms with Crippen molar-refractivity contribution in [2.24, 2.45) is 5.92 Å². The monoisotopic (exact) mass is 399 g/mol. The van der Waals surface area contributed by atoms with Crippen molar-refractivity contribution >= 4 is 16.0 Å². The van der Waals surface area contributed by atoms with E-state index in [1.54, 1.807) is 23.1 Å². The molecule has 0 bridgehead atoms. The van der Waals surface area contributed by atoms with Crippen molar-refractivity contribution < 1.29 is 26.9 Å². The molecule has 1 aromatic rings. The summed E-state index contributed by atoms with van der Waals surface area (Å²) in [6.45, 7) is 5.63. The van der Waals surface area contributed by atoms with Crippen LogP contribution in [0.1, 0.15) is 38.7 Å². The van der Waals surface area contributed by atoms with Gasteiger partial charge in [-0.1, -0.05) is 19.9 Å². The van der Waals surface area contributed by atoms with Gasteiger partial charge in [-0.05, 0) is 36.5 Å². The molecule has 1 aromatic carbocycles. The minimum Gasteiger partial charge on any atom is -0.493 e. The molecule has 152 valence electrons. The first-order chi connectivity index (χ1) is 12.7.